The monoisotopic (exact) mass is 387 g/mol. The van der Waals surface area contributed by atoms with E-state index in [1.807, 2.05) is 20.8 Å². The van der Waals surface area contributed by atoms with Crippen LogP contribution in [0.1, 0.15) is 20.8 Å². The molecule has 3 rings (SSSR count). The van der Waals surface area contributed by atoms with E-state index in [0.717, 1.165) is 4.34 Å². The average molecular weight is 388 g/mol. The highest BCUT2D eigenvalue weighted by atomic mass is 32.2. The third-order valence-electron chi connectivity index (χ3n) is 3.61. The minimum Gasteiger partial charge on any atom is -0.459 e. The van der Waals surface area contributed by atoms with E-state index in [0.29, 0.717) is 11.5 Å². The van der Waals surface area contributed by atoms with Crippen LogP contribution in [0, 0.1) is 5.41 Å². The number of nitrogens with zero attached hydrogens (tertiary/aromatic N) is 3. The normalized spacial score (nSPS) is 26.8. The van der Waals surface area contributed by atoms with Gasteiger partial charge in [-0.3, -0.25) is 14.4 Å². The van der Waals surface area contributed by atoms with Crippen molar-refractivity contribution in [3.63, 3.8) is 0 Å². The van der Waals surface area contributed by atoms with Crippen LogP contribution < -0.4 is 0 Å². The highest BCUT2D eigenvalue weighted by Gasteiger charge is 2.57. The van der Waals surface area contributed by atoms with Gasteiger partial charge in [-0.1, -0.05) is 11.8 Å². The van der Waals surface area contributed by atoms with Crippen molar-refractivity contribution in [3.8, 4) is 0 Å². The molecule has 0 saturated carbocycles. The zero-order valence-corrected chi connectivity index (χ0v) is 15.9. The fourth-order valence-corrected chi connectivity index (χ4v) is 5.59. The fraction of sp³-hybridized carbons (Fsp3) is 0.643. The van der Waals surface area contributed by atoms with E-state index in [1.165, 1.54) is 46.3 Å². The first-order valence-electron chi connectivity index (χ1n) is 7.31. The summed E-state index contributed by atoms with van der Waals surface area (Å²) >= 11 is 4.02. The number of aromatic nitrogens is 2. The molecule has 130 valence electrons. The van der Waals surface area contributed by atoms with Crippen LogP contribution in [-0.2, 0) is 19.1 Å². The van der Waals surface area contributed by atoms with Gasteiger partial charge < -0.3 is 9.64 Å². The molecule has 2 saturated heterocycles. The molecule has 0 aliphatic carbocycles. The Balaban J connectivity index is 1.79. The van der Waals surface area contributed by atoms with Crippen LogP contribution in [0.3, 0.4) is 0 Å². The standard InChI is InChI=1S/C14H17N3O4S3/c1-13(2,3)21-11(20)14(6-23-12-15-7-16-24-12)4-17-9(19)8(18)10(17)22-5-14/h7,10H,4-6H2,1-3H3/t10-,14?/m1/s1. The van der Waals surface area contributed by atoms with Crippen molar-refractivity contribution in [2.45, 2.75) is 36.1 Å². The van der Waals surface area contributed by atoms with Crippen LogP contribution in [0.15, 0.2) is 10.7 Å². The lowest BCUT2D eigenvalue weighted by Crippen LogP contribution is -2.68. The van der Waals surface area contributed by atoms with E-state index in [2.05, 4.69) is 9.36 Å². The van der Waals surface area contributed by atoms with Crippen molar-refractivity contribution >= 4 is 52.7 Å². The average Bonchev–Trinajstić information content (AvgIpc) is 3.03. The van der Waals surface area contributed by atoms with Crippen LogP contribution >= 0.6 is 35.1 Å². The molecule has 2 atom stereocenters. The van der Waals surface area contributed by atoms with Crippen LogP contribution in [-0.4, -0.2) is 60.9 Å². The number of hydrogen-bond donors (Lipinski definition) is 0. The van der Waals surface area contributed by atoms with Gasteiger partial charge in [0.25, 0.3) is 11.7 Å². The largest absolute Gasteiger partial charge is 0.459 e. The first-order chi connectivity index (χ1) is 11.2. The van der Waals surface area contributed by atoms with E-state index in [1.54, 1.807) is 0 Å². The van der Waals surface area contributed by atoms with E-state index < -0.39 is 22.3 Å². The molecule has 3 heterocycles. The van der Waals surface area contributed by atoms with Gasteiger partial charge in [-0.2, -0.15) is 4.37 Å². The van der Waals surface area contributed by atoms with Gasteiger partial charge in [0.05, 0.1) is 0 Å². The maximum Gasteiger partial charge on any atom is 0.316 e. The van der Waals surface area contributed by atoms with Gasteiger partial charge in [0.2, 0.25) is 0 Å². The van der Waals surface area contributed by atoms with Gasteiger partial charge in [-0.15, -0.1) is 11.8 Å². The lowest BCUT2D eigenvalue weighted by molar-refractivity contribution is -0.171. The molecule has 1 aromatic rings. The minimum atomic E-state index is -0.860. The topological polar surface area (TPSA) is 89.5 Å². The Morgan fingerprint density at radius 2 is 2.25 bits per heavy atom. The number of β-lactam (4-membered cyclic amide) rings is 1. The summed E-state index contributed by atoms with van der Waals surface area (Å²) in [6.07, 6.45) is 1.47. The Hall–Kier alpha value is -1.13. The molecule has 0 bridgehead atoms. The van der Waals surface area contributed by atoms with Gasteiger partial charge in [0.1, 0.15) is 22.7 Å². The molecule has 0 N–H and O–H groups in total. The third kappa shape index (κ3) is 3.31. The van der Waals surface area contributed by atoms with Crippen LogP contribution in [0.2, 0.25) is 0 Å². The lowest BCUT2D eigenvalue weighted by Gasteiger charge is -2.49. The number of carbonyl (C=O) groups is 3. The fourth-order valence-electron chi connectivity index (χ4n) is 2.44. The van der Waals surface area contributed by atoms with Crippen molar-refractivity contribution < 1.29 is 19.1 Å². The number of ketones is 1. The maximum absolute atomic E-state index is 12.9. The van der Waals surface area contributed by atoms with E-state index in [-0.39, 0.29) is 18.3 Å². The summed E-state index contributed by atoms with van der Waals surface area (Å²) in [6, 6.07) is 0. The summed E-state index contributed by atoms with van der Waals surface area (Å²) < 4.78 is 10.3. The number of carbonyl (C=O) groups excluding carboxylic acids is 3. The predicted octanol–water partition coefficient (Wildman–Crippen LogP) is 1.44. The smallest absolute Gasteiger partial charge is 0.316 e. The van der Waals surface area contributed by atoms with E-state index >= 15 is 0 Å². The van der Waals surface area contributed by atoms with E-state index in [9.17, 15) is 14.4 Å². The molecular weight excluding hydrogens is 370 g/mol. The summed E-state index contributed by atoms with van der Waals surface area (Å²) in [5.74, 6) is -0.372. The summed E-state index contributed by atoms with van der Waals surface area (Å²) in [7, 11) is 0. The van der Waals surface area contributed by atoms with Gasteiger partial charge in [-0.05, 0) is 32.3 Å². The number of hydrogen-bond acceptors (Lipinski definition) is 9. The summed E-state index contributed by atoms with van der Waals surface area (Å²) in [5.41, 5.74) is -1.48. The Morgan fingerprint density at radius 1 is 1.50 bits per heavy atom. The number of amides is 1. The number of esters is 1. The Labute approximate surface area is 152 Å². The molecule has 2 aliphatic rings. The summed E-state index contributed by atoms with van der Waals surface area (Å²) in [5, 5.41) is -0.445. The van der Waals surface area contributed by atoms with Gasteiger partial charge in [0.15, 0.2) is 4.34 Å². The van der Waals surface area contributed by atoms with Crippen molar-refractivity contribution in [2.75, 3.05) is 18.1 Å². The molecular formula is C14H17N3O4S3. The first-order valence-corrected chi connectivity index (χ1v) is 10.1. The molecule has 1 amide bonds. The molecule has 24 heavy (non-hydrogen) atoms. The summed E-state index contributed by atoms with van der Waals surface area (Å²) in [6.45, 7) is 5.64. The van der Waals surface area contributed by atoms with Gasteiger partial charge in [-0.25, -0.2) is 4.98 Å². The second-order valence-corrected chi connectivity index (χ2v) is 9.81. The Bertz CT molecular complexity index is 673. The lowest BCUT2D eigenvalue weighted by atomic mass is 9.89. The number of thioether (sulfide) groups is 2. The second kappa shape index (κ2) is 6.30. The zero-order chi connectivity index (χ0) is 17.5. The Kier molecular flexibility index (Phi) is 4.65. The van der Waals surface area contributed by atoms with Crippen molar-refractivity contribution in [1.29, 1.82) is 0 Å². The van der Waals surface area contributed by atoms with Crippen LogP contribution in [0.4, 0.5) is 0 Å². The number of Topliss-reactive ketones (excluding diaryl/α,β-unsaturated/α-hetero) is 1. The highest BCUT2D eigenvalue weighted by molar-refractivity contribution is 8.02. The van der Waals surface area contributed by atoms with Gasteiger partial charge >= 0.3 is 5.97 Å². The molecule has 7 nitrogen and oxygen atoms in total. The minimum absolute atomic E-state index is 0.204. The third-order valence-corrected chi connectivity index (χ3v) is 7.21. The van der Waals surface area contributed by atoms with Crippen molar-refractivity contribution in [1.82, 2.24) is 14.3 Å². The first kappa shape index (κ1) is 17.7. The van der Waals surface area contributed by atoms with Crippen molar-refractivity contribution in [3.05, 3.63) is 6.33 Å². The molecule has 2 aliphatic heterocycles. The van der Waals surface area contributed by atoms with Gasteiger partial charge in [0, 0.05) is 18.1 Å². The molecule has 0 aromatic carbocycles. The molecule has 2 fully saturated rings. The van der Waals surface area contributed by atoms with Crippen LogP contribution in [0.5, 0.6) is 0 Å². The molecule has 1 aromatic heterocycles. The van der Waals surface area contributed by atoms with Crippen molar-refractivity contribution in [2.24, 2.45) is 5.41 Å². The quantitative estimate of drug-likeness (QED) is 0.332. The Morgan fingerprint density at radius 3 is 2.88 bits per heavy atom. The second-order valence-electron chi connectivity index (χ2n) is 6.74. The highest BCUT2D eigenvalue weighted by Crippen LogP contribution is 2.44. The maximum atomic E-state index is 12.9. The number of ether oxygens (including phenoxy) is 1. The molecule has 1 unspecified atom stereocenters. The number of fused-ring (bicyclic) bond motifs is 1. The number of rotatable bonds is 4. The zero-order valence-electron chi connectivity index (χ0n) is 13.5. The summed E-state index contributed by atoms with van der Waals surface area (Å²) in [4.78, 5) is 41.9. The molecule has 10 heteroatoms. The molecule has 0 radical (unpaired) electrons. The predicted molar refractivity (Wildman–Crippen MR) is 91.9 cm³/mol. The molecule has 0 spiro atoms. The van der Waals surface area contributed by atoms with Crippen LogP contribution in [0.25, 0.3) is 0 Å². The SMILES string of the molecule is CC(C)(C)OC(=O)C1(CSc2ncns2)CS[C@@H]2C(=O)C(=O)N2C1. The van der Waals surface area contributed by atoms with E-state index in [4.69, 9.17) is 4.74 Å².